The monoisotopic (exact) mass is 504 g/mol. The summed E-state index contributed by atoms with van der Waals surface area (Å²) in [6, 6.07) is 14.6. The van der Waals surface area contributed by atoms with Crippen molar-refractivity contribution in [2.75, 3.05) is 5.32 Å². The van der Waals surface area contributed by atoms with Gasteiger partial charge in [-0.25, -0.2) is 4.99 Å². The Bertz CT molecular complexity index is 913. The lowest BCUT2D eigenvalue weighted by atomic mass is 10.3. The fourth-order valence-electron chi connectivity index (χ4n) is 2.25. The number of anilines is 1. The van der Waals surface area contributed by atoms with Crippen molar-refractivity contribution in [3.63, 3.8) is 0 Å². The first kappa shape index (κ1) is 21.5. The second kappa shape index (κ2) is 9.39. The molecule has 1 heterocycles. The van der Waals surface area contributed by atoms with E-state index in [2.05, 4.69) is 25.2 Å². The van der Waals surface area contributed by atoms with Crippen LogP contribution in [0.4, 0.5) is 18.9 Å². The smallest absolute Gasteiger partial charge is 0.406 e. The Labute approximate surface area is 175 Å². The van der Waals surface area contributed by atoms with Gasteiger partial charge in [0.05, 0.1) is 0 Å². The van der Waals surface area contributed by atoms with Crippen molar-refractivity contribution < 1.29 is 17.9 Å². The second-order valence-electron chi connectivity index (χ2n) is 5.35. The van der Waals surface area contributed by atoms with E-state index in [1.54, 1.807) is 10.9 Å². The minimum Gasteiger partial charge on any atom is -0.406 e. The summed E-state index contributed by atoms with van der Waals surface area (Å²) in [6.07, 6.45) is -3.16. The summed E-state index contributed by atoms with van der Waals surface area (Å²) < 4.78 is 42.0. The van der Waals surface area contributed by atoms with Crippen LogP contribution in [-0.2, 0) is 6.54 Å². The number of rotatable bonds is 5. The first-order chi connectivity index (χ1) is 12.9. The molecule has 1 aromatic heterocycles. The maximum absolute atomic E-state index is 12.2. The first-order valence-corrected chi connectivity index (χ1v) is 7.78. The molecule has 3 rings (SSSR count). The van der Waals surface area contributed by atoms with Crippen LogP contribution < -0.4 is 15.8 Å². The molecule has 0 spiro atoms. The van der Waals surface area contributed by atoms with Gasteiger partial charge in [0.25, 0.3) is 0 Å². The molecule has 0 aliphatic rings. The summed E-state index contributed by atoms with van der Waals surface area (Å²) in [5, 5.41) is 10.7. The summed E-state index contributed by atoms with van der Waals surface area (Å²) in [5.74, 6) is 0.349. The molecule has 0 unspecified atom stereocenters. The SMILES string of the molecule is I.NC(=NCc1nncn1-c1ccccc1)Nc1ccc(OC(F)(F)F)cc1. The number of aromatic nitrogens is 3. The highest BCUT2D eigenvalue weighted by Gasteiger charge is 2.30. The van der Waals surface area contributed by atoms with E-state index in [4.69, 9.17) is 5.73 Å². The summed E-state index contributed by atoms with van der Waals surface area (Å²) >= 11 is 0. The van der Waals surface area contributed by atoms with Crippen LogP contribution in [0, 0.1) is 0 Å². The van der Waals surface area contributed by atoms with Crippen molar-refractivity contribution in [2.45, 2.75) is 12.9 Å². The van der Waals surface area contributed by atoms with Crippen molar-refractivity contribution in [1.29, 1.82) is 0 Å². The fraction of sp³-hybridized carbons (Fsp3) is 0.118. The lowest BCUT2D eigenvalue weighted by molar-refractivity contribution is -0.274. The average molecular weight is 504 g/mol. The third-order valence-electron chi connectivity index (χ3n) is 3.40. The molecular weight excluding hydrogens is 488 g/mol. The Kier molecular flexibility index (Phi) is 7.20. The molecule has 0 radical (unpaired) electrons. The van der Waals surface area contributed by atoms with Gasteiger partial charge < -0.3 is 15.8 Å². The van der Waals surface area contributed by atoms with E-state index < -0.39 is 6.36 Å². The van der Waals surface area contributed by atoms with Crippen LogP contribution in [0.15, 0.2) is 65.9 Å². The van der Waals surface area contributed by atoms with E-state index in [1.165, 1.54) is 24.3 Å². The van der Waals surface area contributed by atoms with E-state index in [-0.39, 0.29) is 42.2 Å². The standard InChI is InChI=1S/C17H15F3N6O.HI/c18-17(19,20)27-14-8-6-12(7-9-14)24-16(21)22-10-15-25-23-11-26(15)13-4-2-1-3-5-13;/h1-9,11H,10H2,(H3,21,22,24);1H. The van der Waals surface area contributed by atoms with Crippen molar-refractivity contribution in [1.82, 2.24) is 14.8 Å². The van der Waals surface area contributed by atoms with Crippen LogP contribution in [0.1, 0.15) is 5.82 Å². The first-order valence-electron chi connectivity index (χ1n) is 7.78. The summed E-state index contributed by atoms with van der Waals surface area (Å²) in [4.78, 5) is 4.18. The predicted octanol–water partition coefficient (Wildman–Crippen LogP) is 3.71. The van der Waals surface area contributed by atoms with Gasteiger partial charge in [0.2, 0.25) is 0 Å². The molecule has 0 fully saturated rings. The third kappa shape index (κ3) is 6.11. The number of benzene rings is 2. The number of halogens is 4. The lowest BCUT2D eigenvalue weighted by Crippen LogP contribution is -2.23. The highest BCUT2D eigenvalue weighted by molar-refractivity contribution is 14.0. The van der Waals surface area contributed by atoms with Gasteiger partial charge in [-0.1, -0.05) is 18.2 Å². The highest BCUT2D eigenvalue weighted by Crippen LogP contribution is 2.23. The molecule has 148 valence electrons. The Balaban J connectivity index is 0.00000280. The van der Waals surface area contributed by atoms with E-state index in [0.29, 0.717) is 11.5 Å². The molecule has 3 aromatic rings. The Morgan fingerprint density at radius 2 is 1.79 bits per heavy atom. The number of nitrogens with zero attached hydrogens (tertiary/aromatic N) is 4. The van der Waals surface area contributed by atoms with E-state index in [0.717, 1.165) is 5.69 Å². The molecular formula is C17H16F3IN6O. The van der Waals surface area contributed by atoms with Crippen molar-refractivity contribution >= 4 is 35.6 Å². The molecule has 0 saturated carbocycles. The minimum absolute atomic E-state index is 0. The molecule has 0 amide bonds. The number of hydrogen-bond acceptors (Lipinski definition) is 4. The number of nitrogens with two attached hydrogens (primary N) is 1. The normalized spacial score (nSPS) is 11.6. The number of ether oxygens (including phenoxy) is 1. The molecule has 0 aliphatic heterocycles. The van der Waals surface area contributed by atoms with Crippen LogP contribution >= 0.6 is 24.0 Å². The molecule has 0 atom stereocenters. The molecule has 0 bridgehead atoms. The average Bonchev–Trinajstić information content (AvgIpc) is 3.10. The van der Waals surface area contributed by atoms with Crippen molar-refractivity contribution in [2.24, 2.45) is 10.7 Å². The van der Waals surface area contributed by atoms with Gasteiger partial charge in [-0.05, 0) is 36.4 Å². The maximum atomic E-state index is 12.2. The largest absolute Gasteiger partial charge is 0.573 e. The van der Waals surface area contributed by atoms with Crippen molar-refractivity contribution in [3.05, 3.63) is 66.7 Å². The van der Waals surface area contributed by atoms with E-state index >= 15 is 0 Å². The lowest BCUT2D eigenvalue weighted by Gasteiger charge is -2.10. The second-order valence-corrected chi connectivity index (χ2v) is 5.35. The van der Waals surface area contributed by atoms with Crippen LogP contribution in [0.5, 0.6) is 5.75 Å². The maximum Gasteiger partial charge on any atom is 0.573 e. The van der Waals surface area contributed by atoms with Gasteiger partial charge in [0.1, 0.15) is 18.6 Å². The molecule has 0 saturated heterocycles. The van der Waals surface area contributed by atoms with Crippen LogP contribution in [0.25, 0.3) is 5.69 Å². The molecule has 3 N–H and O–H groups in total. The van der Waals surface area contributed by atoms with Gasteiger partial charge in [0, 0.05) is 11.4 Å². The molecule has 11 heteroatoms. The Morgan fingerprint density at radius 1 is 1.11 bits per heavy atom. The van der Waals surface area contributed by atoms with Gasteiger partial charge in [-0.3, -0.25) is 4.57 Å². The molecule has 7 nitrogen and oxygen atoms in total. The van der Waals surface area contributed by atoms with Crippen LogP contribution in [0.2, 0.25) is 0 Å². The minimum atomic E-state index is -4.73. The molecule has 2 aromatic carbocycles. The summed E-state index contributed by atoms with van der Waals surface area (Å²) in [5.41, 5.74) is 7.18. The van der Waals surface area contributed by atoms with Gasteiger partial charge in [-0.2, -0.15) is 0 Å². The number of aliphatic imine (C=N–C) groups is 1. The van der Waals surface area contributed by atoms with Crippen molar-refractivity contribution in [3.8, 4) is 11.4 Å². The summed E-state index contributed by atoms with van der Waals surface area (Å²) in [7, 11) is 0. The zero-order valence-corrected chi connectivity index (χ0v) is 16.6. The number of para-hydroxylation sites is 1. The van der Waals surface area contributed by atoms with Gasteiger partial charge in [-0.15, -0.1) is 47.3 Å². The van der Waals surface area contributed by atoms with Gasteiger partial charge in [0.15, 0.2) is 11.8 Å². The fourth-order valence-corrected chi connectivity index (χ4v) is 2.25. The topological polar surface area (TPSA) is 90.4 Å². The van der Waals surface area contributed by atoms with E-state index in [1.807, 2.05) is 30.3 Å². The number of nitrogens with one attached hydrogen (secondary N) is 1. The number of alkyl halides is 3. The number of guanidine groups is 1. The zero-order chi connectivity index (χ0) is 19.3. The number of hydrogen-bond donors (Lipinski definition) is 2. The van der Waals surface area contributed by atoms with Gasteiger partial charge >= 0.3 is 6.36 Å². The molecule has 0 aliphatic carbocycles. The van der Waals surface area contributed by atoms with Crippen LogP contribution in [-0.4, -0.2) is 27.1 Å². The molecule has 28 heavy (non-hydrogen) atoms. The van der Waals surface area contributed by atoms with E-state index in [9.17, 15) is 13.2 Å². The third-order valence-corrected chi connectivity index (χ3v) is 3.40. The highest BCUT2D eigenvalue weighted by atomic mass is 127. The Morgan fingerprint density at radius 3 is 2.43 bits per heavy atom. The predicted molar refractivity (Wildman–Crippen MR) is 109 cm³/mol. The van der Waals surface area contributed by atoms with Crippen LogP contribution in [0.3, 0.4) is 0 Å². The summed E-state index contributed by atoms with van der Waals surface area (Å²) in [6.45, 7) is 0.170. The zero-order valence-electron chi connectivity index (χ0n) is 14.3. The quantitative estimate of drug-likeness (QED) is 0.314. The Hall–Kier alpha value is -2.83.